The minimum atomic E-state index is -0.700. The molecule has 4 heteroatoms. The summed E-state index contributed by atoms with van der Waals surface area (Å²) >= 11 is 0. The first-order valence-corrected chi connectivity index (χ1v) is 5.03. The molecule has 88 valence electrons. The Hall–Kier alpha value is -0.160. The highest BCUT2D eigenvalue weighted by molar-refractivity contribution is 4.62. The van der Waals surface area contributed by atoms with E-state index in [0.29, 0.717) is 6.42 Å². The highest BCUT2D eigenvalue weighted by atomic mass is 16.3. The van der Waals surface area contributed by atoms with Gasteiger partial charge < -0.3 is 20.4 Å². The first-order valence-electron chi connectivity index (χ1n) is 5.03. The van der Waals surface area contributed by atoms with Crippen LogP contribution in [0.1, 0.15) is 39.5 Å². The van der Waals surface area contributed by atoms with Gasteiger partial charge in [0.1, 0.15) is 0 Å². The third kappa shape index (κ3) is 22.6. The Bertz CT molecular complexity index is 94.8. The van der Waals surface area contributed by atoms with Crippen LogP contribution in [0.25, 0.3) is 0 Å². The minimum absolute atomic E-state index is 0.0590. The molecule has 0 aliphatic heterocycles. The van der Waals surface area contributed by atoms with Crippen LogP contribution in [0.4, 0.5) is 0 Å². The summed E-state index contributed by atoms with van der Waals surface area (Å²) in [5.41, 5.74) is -0.700. The second-order valence-electron chi connectivity index (χ2n) is 3.79. The van der Waals surface area contributed by atoms with E-state index in [9.17, 15) is 0 Å². The van der Waals surface area contributed by atoms with E-state index >= 15 is 0 Å². The van der Waals surface area contributed by atoms with Crippen LogP contribution < -0.4 is 0 Å². The van der Waals surface area contributed by atoms with Crippen molar-refractivity contribution < 1.29 is 20.4 Å². The first kappa shape index (κ1) is 16.3. The van der Waals surface area contributed by atoms with Gasteiger partial charge >= 0.3 is 0 Å². The molecule has 0 spiro atoms. The third-order valence-corrected chi connectivity index (χ3v) is 1.54. The Morgan fingerprint density at radius 3 is 1.36 bits per heavy atom. The Morgan fingerprint density at radius 1 is 0.786 bits per heavy atom. The average Bonchev–Trinajstić information content (AvgIpc) is 2.04. The van der Waals surface area contributed by atoms with Gasteiger partial charge in [-0.15, -0.1) is 0 Å². The van der Waals surface area contributed by atoms with Crippen LogP contribution in [-0.4, -0.2) is 45.8 Å². The molecule has 0 aliphatic carbocycles. The normalized spacial score (nSPS) is 10.7. The molecule has 0 radical (unpaired) electrons. The SMILES string of the molecule is CC(C)(O)CCO.OCCCCCO. The van der Waals surface area contributed by atoms with E-state index < -0.39 is 5.60 Å². The van der Waals surface area contributed by atoms with Crippen LogP contribution >= 0.6 is 0 Å². The van der Waals surface area contributed by atoms with Gasteiger partial charge in [-0.2, -0.15) is 0 Å². The Balaban J connectivity index is 0. The van der Waals surface area contributed by atoms with Crippen molar-refractivity contribution in [3.63, 3.8) is 0 Å². The van der Waals surface area contributed by atoms with Crippen LogP contribution in [0.3, 0.4) is 0 Å². The molecule has 0 aromatic carbocycles. The molecule has 0 aliphatic rings. The molecule has 0 bridgehead atoms. The van der Waals surface area contributed by atoms with Crippen molar-refractivity contribution in [2.75, 3.05) is 19.8 Å². The molecule has 0 aromatic rings. The number of hydrogen-bond donors (Lipinski definition) is 4. The summed E-state index contributed by atoms with van der Waals surface area (Å²) in [7, 11) is 0. The van der Waals surface area contributed by atoms with E-state index in [1.807, 2.05) is 0 Å². The standard InChI is InChI=1S/2C5H12O2/c1-5(2,7)3-4-6;6-4-2-1-3-5-7/h6-7H,3-4H2,1-2H3;6-7H,1-5H2. The maximum absolute atomic E-state index is 8.86. The quantitative estimate of drug-likeness (QED) is 0.473. The van der Waals surface area contributed by atoms with Gasteiger partial charge in [0, 0.05) is 19.8 Å². The van der Waals surface area contributed by atoms with Gasteiger partial charge in [-0.05, 0) is 39.5 Å². The lowest BCUT2D eigenvalue weighted by Gasteiger charge is -2.13. The molecule has 0 heterocycles. The van der Waals surface area contributed by atoms with Crippen molar-refractivity contribution in [3.8, 4) is 0 Å². The summed E-state index contributed by atoms with van der Waals surface area (Å²) in [6, 6.07) is 0. The Kier molecular flexibility index (Phi) is 12.7. The van der Waals surface area contributed by atoms with Crippen molar-refractivity contribution >= 4 is 0 Å². The topological polar surface area (TPSA) is 80.9 Å². The minimum Gasteiger partial charge on any atom is -0.396 e. The molecular weight excluding hydrogens is 184 g/mol. The van der Waals surface area contributed by atoms with Gasteiger partial charge in [-0.1, -0.05) is 0 Å². The molecule has 0 amide bonds. The van der Waals surface area contributed by atoms with E-state index in [-0.39, 0.29) is 19.8 Å². The summed E-state index contributed by atoms with van der Waals surface area (Å²) < 4.78 is 0. The van der Waals surface area contributed by atoms with Crippen LogP contribution in [0.5, 0.6) is 0 Å². The van der Waals surface area contributed by atoms with Crippen molar-refractivity contribution in [2.24, 2.45) is 0 Å². The second kappa shape index (κ2) is 10.9. The lowest BCUT2D eigenvalue weighted by molar-refractivity contribution is 0.0515. The molecule has 0 fully saturated rings. The predicted molar refractivity (Wildman–Crippen MR) is 56.0 cm³/mol. The molecule has 0 atom stereocenters. The van der Waals surface area contributed by atoms with Gasteiger partial charge in [0.05, 0.1) is 5.60 Å². The summed E-state index contributed by atoms with van der Waals surface area (Å²) in [4.78, 5) is 0. The van der Waals surface area contributed by atoms with E-state index in [4.69, 9.17) is 20.4 Å². The van der Waals surface area contributed by atoms with Crippen LogP contribution in [0.15, 0.2) is 0 Å². The fraction of sp³-hybridized carbons (Fsp3) is 1.00. The van der Waals surface area contributed by atoms with Crippen molar-refractivity contribution in [1.82, 2.24) is 0 Å². The van der Waals surface area contributed by atoms with Gasteiger partial charge in [0.25, 0.3) is 0 Å². The van der Waals surface area contributed by atoms with Crippen LogP contribution in [0.2, 0.25) is 0 Å². The smallest absolute Gasteiger partial charge is 0.0613 e. The largest absolute Gasteiger partial charge is 0.396 e. The molecule has 0 saturated heterocycles. The van der Waals surface area contributed by atoms with E-state index in [1.54, 1.807) is 13.8 Å². The average molecular weight is 208 g/mol. The van der Waals surface area contributed by atoms with Crippen molar-refractivity contribution in [3.05, 3.63) is 0 Å². The zero-order valence-corrected chi connectivity index (χ0v) is 9.24. The predicted octanol–water partition coefficient (Wildman–Crippen LogP) is 0.281. The maximum Gasteiger partial charge on any atom is 0.0613 e. The van der Waals surface area contributed by atoms with Gasteiger partial charge in [-0.25, -0.2) is 0 Å². The Morgan fingerprint density at radius 2 is 1.21 bits per heavy atom. The second-order valence-corrected chi connectivity index (χ2v) is 3.79. The third-order valence-electron chi connectivity index (χ3n) is 1.54. The molecule has 0 rings (SSSR count). The summed E-state index contributed by atoms with van der Waals surface area (Å²) in [6.45, 7) is 3.90. The molecule has 0 aromatic heterocycles. The van der Waals surface area contributed by atoms with Crippen molar-refractivity contribution in [1.29, 1.82) is 0 Å². The molecular formula is C10H24O4. The van der Waals surface area contributed by atoms with E-state index in [1.165, 1.54) is 0 Å². The molecule has 0 saturated carbocycles. The molecule has 4 nitrogen and oxygen atoms in total. The van der Waals surface area contributed by atoms with E-state index in [0.717, 1.165) is 19.3 Å². The summed E-state index contributed by atoms with van der Waals surface area (Å²) in [5.74, 6) is 0. The number of unbranched alkanes of at least 4 members (excludes halogenated alkanes) is 2. The monoisotopic (exact) mass is 208 g/mol. The first-order chi connectivity index (χ1) is 6.47. The number of hydrogen-bond acceptors (Lipinski definition) is 4. The zero-order chi connectivity index (χ0) is 11.4. The maximum atomic E-state index is 8.86. The van der Waals surface area contributed by atoms with Crippen molar-refractivity contribution in [2.45, 2.75) is 45.1 Å². The van der Waals surface area contributed by atoms with Gasteiger partial charge in [0.15, 0.2) is 0 Å². The zero-order valence-electron chi connectivity index (χ0n) is 9.24. The van der Waals surface area contributed by atoms with Crippen LogP contribution in [0, 0.1) is 0 Å². The summed E-state index contributed by atoms with van der Waals surface area (Å²) in [5, 5.41) is 33.5. The van der Waals surface area contributed by atoms with Gasteiger partial charge in [0.2, 0.25) is 0 Å². The Labute approximate surface area is 86.2 Å². The van der Waals surface area contributed by atoms with Gasteiger partial charge in [-0.3, -0.25) is 0 Å². The highest BCUT2D eigenvalue weighted by Crippen LogP contribution is 2.04. The van der Waals surface area contributed by atoms with Crippen LogP contribution in [-0.2, 0) is 0 Å². The summed E-state index contributed by atoms with van der Waals surface area (Å²) in [6.07, 6.45) is 3.03. The number of aliphatic hydroxyl groups excluding tert-OH is 3. The molecule has 0 unspecified atom stereocenters. The fourth-order valence-corrected chi connectivity index (χ4v) is 0.674. The lowest BCUT2D eigenvalue weighted by atomic mass is 10.1. The van der Waals surface area contributed by atoms with E-state index in [2.05, 4.69) is 0 Å². The molecule has 14 heavy (non-hydrogen) atoms. The fourth-order valence-electron chi connectivity index (χ4n) is 0.674. The highest BCUT2D eigenvalue weighted by Gasteiger charge is 2.09. The lowest BCUT2D eigenvalue weighted by Crippen LogP contribution is -2.19. The molecule has 4 N–H and O–H groups in total. The number of aliphatic hydroxyl groups is 4. The number of rotatable bonds is 6.